The van der Waals surface area contributed by atoms with Gasteiger partial charge in [0.05, 0.1) is 0 Å². The highest BCUT2D eigenvalue weighted by Gasteiger charge is 2.19. The summed E-state index contributed by atoms with van der Waals surface area (Å²) in [7, 11) is 0. The van der Waals surface area contributed by atoms with Crippen molar-refractivity contribution in [1.29, 1.82) is 0 Å². The van der Waals surface area contributed by atoms with E-state index in [1.807, 2.05) is 0 Å². The van der Waals surface area contributed by atoms with Crippen molar-refractivity contribution in [2.24, 2.45) is 0 Å². The normalized spacial score (nSPS) is 12.3. The maximum atomic E-state index is 12.9. The van der Waals surface area contributed by atoms with Crippen LogP contribution >= 0.6 is 0 Å². The van der Waals surface area contributed by atoms with E-state index < -0.39 is 6.10 Å². The van der Waals surface area contributed by atoms with Crippen molar-refractivity contribution in [3.63, 3.8) is 0 Å². The van der Waals surface area contributed by atoms with Crippen LogP contribution < -0.4 is 0 Å². The molecule has 6 nitrogen and oxygen atoms in total. The van der Waals surface area contributed by atoms with Crippen LogP contribution in [0.25, 0.3) is 0 Å². The molecule has 1 unspecified atom stereocenters. The summed E-state index contributed by atoms with van der Waals surface area (Å²) in [6.45, 7) is 6.53. The Balaban J connectivity index is 4.15. The first-order valence-electron chi connectivity index (χ1n) is 32.6. The molecule has 0 fully saturated rings. The summed E-state index contributed by atoms with van der Waals surface area (Å²) in [6, 6.07) is 0. The molecule has 0 saturated heterocycles. The Bertz CT molecular complexity index is 1280. The van der Waals surface area contributed by atoms with Gasteiger partial charge >= 0.3 is 17.9 Å². The zero-order valence-electron chi connectivity index (χ0n) is 49.6. The van der Waals surface area contributed by atoms with E-state index in [0.717, 1.165) is 89.9 Å². The van der Waals surface area contributed by atoms with Crippen molar-refractivity contribution < 1.29 is 28.6 Å². The summed E-state index contributed by atoms with van der Waals surface area (Å²) in [5, 5.41) is 0. The number of unbranched alkanes of at least 4 members (excludes halogenated alkanes) is 41. The Labute approximate surface area is 460 Å². The molecule has 1 atom stereocenters. The molecule has 0 N–H and O–H groups in total. The lowest BCUT2D eigenvalue weighted by atomic mass is 10.0. The monoisotopic (exact) mass is 1040 g/mol. The lowest BCUT2D eigenvalue weighted by Gasteiger charge is -2.18. The van der Waals surface area contributed by atoms with E-state index in [2.05, 4.69) is 69.4 Å². The molecule has 0 radical (unpaired) electrons. The third-order valence-corrected chi connectivity index (χ3v) is 14.6. The maximum absolute atomic E-state index is 12.9. The Morgan fingerprint density at radius 2 is 0.541 bits per heavy atom. The first kappa shape index (κ1) is 71.4. The largest absolute Gasteiger partial charge is 0.462 e. The Morgan fingerprint density at radius 3 is 0.878 bits per heavy atom. The third-order valence-electron chi connectivity index (χ3n) is 14.6. The van der Waals surface area contributed by atoms with E-state index >= 15 is 0 Å². The van der Waals surface area contributed by atoms with Gasteiger partial charge in [-0.1, -0.05) is 307 Å². The maximum Gasteiger partial charge on any atom is 0.306 e. The highest BCUT2D eigenvalue weighted by molar-refractivity contribution is 5.71. The number of esters is 3. The van der Waals surface area contributed by atoms with Crippen LogP contribution in [-0.4, -0.2) is 37.2 Å². The van der Waals surface area contributed by atoms with Gasteiger partial charge in [0.2, 0.25) is 0 Å². The topological polar surface area (TPSA) is 78.9 Å². The first-order chi connectivity index (χ1) is 36.5. The fourth-order valence-corrected chi connectivity index (χ4v) is 9.68. The highest BCUT2D eigenvalue weighted by atomic mass is 16.6. The predicted octanol–water partition coefficient (Wildman–Crippen LogP) is 22.2. The van der Waals surface area contributed by atoms with Gasteiger partial charge in [-0.25, -0.2) is 0 Å². The summed E-state index contributed by atoms with van der Waals surface area (Å²) in [4.78, 5) is 38.2. The second-order valence-electron chi connectivity index (χ2n) is 22.0. The molecule has 0 rings (SSSR count). The quantitative estimate of drug-likeness (QED) is 0.0261. The zero-order valence-corrected chi connectivity index (χ0v) is 49.6. The minimum absolute atomic E-state index is 0.0766. The molecular weight excluding hydrogens is 913 g/mol. The predicted molar refractivity (Wildman–Crippen MR) is 321 cm³/mol. The fraction of sp³-hybridized carbons (Fsp3) is 0.838. The summed E-state index contributed by atoms with van der Waals surface area (Å²) in [5.74, 6) is -0.878. The minimum atomic E-state index is -0.780. The second kappa shape index (κ2) is 62.9. The van der Waals surface area contributed by atoms with Crippen molar-refractivity contribution in [3.8, 4) is 0 Å². The van der Waals surface area contributed by atoms with Crippen LogP contribution in [0.3, 0.4) is 0 Å². The number of allylic oxidation sites excluding steroid dienone is 8. The SMILES string of the molecule is CC/C=C\C/C=C\C/C=C\CCCCCCCCCC(=O)OC(COC(=O)CCCCCCC/C=C\CCCC)COC(=O)CCCCCCCCCCCCCCCCCCCCCCCCCCCCCC. The Kier molecular flexibility index (Phi) is 60.7. The lowest BCUT2D eigenvalue weighted by molar-refractivity contribution is -0.167. The average molecular weight is 1040 g/mol. The van der Waals surface area contributed by atoms with Crippen LogP contribution in [0.1, 0.15) is 348 Å². The molecule has 0 aliphatic heterocycles. The summed E-state index contributed by atoms with van der Waals surface area (Å²) >= 11 is 0. The van der Waals surface area contributed by atoms with Crippen LogP contribution in [0, 0.1) is 0 Å². The van der Waals surface area contributed by atoms with Crippen molar-refractivity contribution in [2.75, 3.05) is 13.2 Å². The molecule has 0 spiro atoms. The van der Waals surface area contributed by atoms with Gasteiger partial charge in [-0.3, -0.25) is 14.4 Å². The summed E-state index contributed by atoms with van der Waals surface area (Å²) in [5.41, 5.74) is 0. The van der Waals surface area contributed by atoms with Crippen molar-refractivity contribution in [1.82, 2.24) is 0 Å². The number of ether oxygens (including phenoxy) is 3. The van der Waals surface area contributed by atoms with E-state index in [0.29, 0.717) is 19.3 Å². The Morgan fingerprint density at radius 1 is 0.284 bits per heavy atom. The molecule has 0 saturated carbocycles. The second-order valence-corrected chi connectivity index (χ2v) is 22.0. The molecule has 0 amide bonds. The van der Waals surface area contributed by atoms with Gasteiger partial charge in [0, 0.05) is 19.3 Å². The average Bonchev–Trinajstić information content (AvgIpc) is 3.40. The number of hydrogen-bond acceptors (Lipinski definition) is 6. The molecule has 0 heterocycles. The number of rotatable bonds is 60. The molecule has 0 aromatic carbocycles. The van der Waals surface area contributed by atoms with Gasteiger partial charge in [-0.05, 0) is 70.6 Å². The van der Waals surface area contributed by atoms with E-state index in [4.69, 9.17) is 14.2 Å². The summed E-state index contributed by atoms with van der Waals surface area (Å²) < 4.78 is 16.9. The third kappa shape index (κ3) is 60.2. The number of carbonyl (C=O) groups excluding carboxylic acids is 3. The van der Waals surface area contributed by atoms with E-state index in [9.17, 15) is 14.4 Å². The minimum Gasteiger partial charge on any atom is -0.462 e. The zero-order chi connectivity index (χ0) is 53.6. The molecular formula is C68H124O6. The van der Waals surface area contributed by atoms with Crippen molar-refractivity contribution in [2.45, 2.75) is 354 Å². The van der Waals surface area contributed by atoms with Crippen LogP contribution in [0.2, 0.25) is 0 Å². The van der Waals surface area contributed by atoms with E-state index in [-0.39, 0.29) is 31.1 Å². The van der Waals surface area contributed by atoms with Gasteiger partial charge in [-0.15, -0.1) is 0 Å². The molecule has 432 valence electrons. The van der Waals surface area contributed by atoms with Crippen LogP contribution in [-0.2, 0) is 28.6 Å². The first-order valence-corrected chi connectivity index (χ1v) is 32.6. The summed E-state index contributed by atoms with van der Waals surface area (Å²) in [6.07, 6.45) is 78.6. The standard InChI is InChI=1S/C68H124O6/c1-4-7-10-13-16-19-22-24-26-28-29-30-31-32-33-34-35-36-37-38-40-41-43-46-49-52-55-58-61-67(70)73-64-65(63-72-66(69)60-57-54-51-48-45-21-18-15-12-9-6-3)74-68(71)62-59-56-53-50-47-44-42-39-27-25-23-20-17-14-11-8-5-2/h8,11,15,17-18,20,25,27,65H,4-7,9-10,12-14,16,19,21-24,26,28-64H2,1-3H3/b11-8-,18-15-,20-17-,27-25-. The van der Waals surface area contributed by atoms with Crippen LogP contribution in [0.4, 0.5) is 0 Å². The number of carbonyl (C=O) groups is 3. The van der Waals surface area contributed by atoms with Crippen LogP contribution in [0.15, 0.2) is 48.6 Å². The fourth-order valence-electron chi connectivity index (χ4n) is 9.68. The van der Waals surface area contributed by atoms with E-state index in [1.165, 1.54) is 218 Å². The smallest absolute Gasteiger partial charge is 0.306 e. The van der Waals surface area contributed by atoms with Gasteiger partial charge in [0.25, 0.3) is 0 Å². The van der Waals surface area contributed by atoms with Gasteiger partial charge in [0.15, 0.2) is 6.10 Å². The van der Waals surface area contributed by atoms with Crippen LogP contribution in [0.5, 0.6) is 0 Å². The molecule has 0 aliphatic rings. The van der Waals surface area contributed by atoms with Crippen molar-refractivity contribution in [3.05, 3.63) is 48.6 Å². The Hall–Kier alpha value is -2.63. The van der Waals surface area contributed by atoms with Gasteiger partial charge in [-0.2, -0.15) is 0 Å². The molecule has 74 heavy (non-hydrogen) atoms. The molecule has 6 heteroatoms. The number of hydrogen-bond donors (Lipinski definition) is 0. The lowest BCUT2D eigenvalue weighted by Crippen LogP contribution is -2.30. The van der Waals surface area contributed by atoms with E-state index in [1.54, 1.807) is 0 Å². The van der Waals surface area contributed by atoms with Gasteiger partial charge in [0.1, 0.15) is 13.2 Å². The highest BCUT2D eigenvalue weighted by Crippen LogP contribution is 2.18. The molecule has 0 aromatic heterocycles. The van der Waals surface area contributed by atoms with Crippen molar-refractivity contribution >= 4 is 17.9 Å². The van der Waals surface area contributed by atoms with Gasteiger partial charge < -0.3 is 14.2 Å². The molecule has 0 aliphatic carbocycles. The molecule has 0 aromatic rings. The molecule has 0 bridgehead atoms.